The Kier molecular flexibility index (Phi) is 9.12. The normalized spacial score (nSPS) is 17.2. The predicted molar refractivity (Wildman–Crippen MR) is 130 cm³/mol. The molecule has 2 amide bonds. The average Bonchev–Trinajstić information content (AvgIpc) is 2.89. The zero-order chi connectivity index (χ0) is 30.0. The Morgan fingerprint density at radius 3 is 2.10 bits per heavy atom. The van der Waals surface area contributed by atoms with Gasteiger partial charge in [-0.25, -0.2) is 9.59 Å². The van der Waals surface area contributed by atoms with E-state index in [9.17, 15) is 41.0 Å². The summed E-state index contributed by atoms with van der Waals surface area (Å²) in [7, 11) is 2.35. The van der Waals surface area contributed by atoms with Crippen LogP contribution in [0.2, 0.25) is 0 Å². The van der Waals surface area contributed by atoms with Crippen molar-refractivity contribution in [3.8, 4) is 5.75 Å². The first-order valence-corrected chi connectivity index (χ1v) is 12.1. The standard InChI is InChI=1S/C26H28F6N2O6/c1-5-40-24(37)34-14(2)6-20(19-11-22(38-3)16(13-35)9-21(19)34)33(23(36)39-4)12-15-7-17(25(27,28)29)10-18(8-15)26(30,31)32/h7-11,14,20,35H,5-6,12-13H2,1-4H3/t14-,20+/m1/s1. The topological polar surface area (TPSA) is 88.5 Å². The first-order chi connectivity index (χ1) is 18.7. The number of ether oxygens (including phenoxy) is 3. The lowest BCUT2D eigenvalue weighted by atomic mass is 9.89. The van der Waals surface area contributed by atoms with Crippen molar-refractivity contribution in [1.82, 2.24) is 4.90 Å². The zero-order valence-corrected chi connectivity index (χ0v) is 22.0. The maximum Gasteiger partial charge on any atom is 0.416 e. The number of hydrogen-bond acceptors (Lipinski definition) is 6. The molecule has 2 atom stereocenters. The number of anilines is 1. The number of halogens is 6. The molecule has 14 heteroatoms. The summed E-state index contributed by atoms with van der Waals surface area (Å²) in [6.45, 7) is 2.14. The van der Waals surface area contributed by atoms with Crippen LogP contribution >= 0.6 is 0 Å². The van der Waals surface area contributed by atoms with Gasteiger partial charge < -0.3 is 19.3 Å². The van der Waals surface area contributed by atoms with Crippen molar-refractivity contribution in [2.24, 2.45) is 0 Å². The molecule has 3 rings (SSSR count). The molecule has 1 aliphatic heterocycles. The molecule has 0 unspecified atom stereocenters. The van der Waals surface area contributed by atoms with Crippen molar-refractivity contribution < 1.29 is 55.2 Å². The van der Waals surface area contributed by atoms with Gasteiger partial charge in [-0.3, -0.25) is 9.80 Å². The number of carbonyl (C=O) groups is 2. The zero-order valence-electron chi connectivity index (χ0n) is 22.0. The van der Waals surface area contributed by atoms with Crippen molar-refractivity contribution in [1.29, 1.82) is 0 Å². The third kappa shape index (κ3) is 6.37. The summed E-state index contributed by atoms with van der Waals surface area (Å²) in [6.07, 6.45) is -11.9. The van der Waals surface area contributed by atoms with E-state index in [1.165, 1.54) is 24.1 Å². The summed E-state index contributed by atoms with van der Waals surface area (Å²) in [6, 6.07) is 2.37. The van der Waals surface area contributed by atoms with E-state index in [0.29, 0.717) is 17.7 Å². The summed E-state index contributed by atoms with van der Waals surface area (Å²) in [5, 5.41) is 9.84. The highest BCUT2D eigenvalue weighted by Gasteiger charge is 2.41. The van der Waals surface area contributed by atoms with Crippen LogP contribution in [0.5, 0.6) is 5.75 Å². The number of benzene rings is 2. The van der Waals surface area contributed by atoms with Crippen molar-refractivity contribution in [2.75, 3.05) is 25.7 Å². The fourth-order valence-corrected chi connectivity index (χ4v) is 4.70. The van der Waals surface area contributed by atoms with E-state index in [4.69, 9.17) is 14.2 Å². The van der Waals surface area contributed by atoms with E-state index in [2.05, 4.69) is 0 Å². The molecule has 1 aliphatic rings. The second-order valence-corrected chi connectivity index (χ2v) is 9.06. The van der Waals surface area contributed by atoms with Crippen LogP contribution < -0.4 is 9.64 Å². The van der Waals surface area contributed by atoms with Crippen LogP contribution in [0.15, 0.2) is 30.3 Å². The molecule has 220 valence electrons. The highest BCUT2D eigenvalue weighted by Crippen LogP contribution is 2.45. The summed E-state index contributed by atoms with van der Waals surface area (Å²) in [5.41, 5.74) is -2.69. The number of aliphatic hydroxyl groups is 1. The number of rotatable bonds is 6. The Balaban J connectivity index is 2.20. The van der Waals surface area contributed by atoms with Gasteiger partial charge in [-0.1, -0.05) is 0 Å². The van der Waals surface area contributed by atoms with Crippen molar-refractivity contribution >= 4 is 17.9 Å². The first-order valence-electron chi connectivity index (χ1n) is 12.1. The van der Waals surface area contributed by atoms with Gasteiger partial charge in [-0.15, -0.1) is 0 Å². The van der Waals surface area contributed by atoms with E-state index in [-0.39, 0.29) is 36.1 Å². The molecule has 0 aromatic heterocycles. The van der Waals surface area contributed by atoms with Gasteiger partial charge in [0, 0.05) is 23.7 Å². The van der Waals surface area contributed by atoms with Crippen LogP contribution in [0.25, 0.3) is 0 Å². The van der Waals surface area contributed by atoms with E-state index in [1.54, 1.807) is 13.8 Å². The Labute approximate surface area is 226 Å². The molecule has 0 bridgehead atoms. The molecule has 8 nitrogen and oxygen atoms in total. The lowest BCUT2D eigenvalue weighted by molar-refractivity contribution is -0.143. The van der Waals surface area contributed by atoms with Gasteiger partial charge in [0.25, 0.3) is 0 Å². The summed E-state index contributed by atoms with van der Waals surface area (Å²) < 4.78 is 96.2. The maximum absolute atomic E-state index is 13.5. The minimum atomic E-state index is -5.08. The number of fused-ring (bicyclic) bond motifs is 1. The van der Waals surface area contributed by atoms with E-state index >= 15 is 0 Å². The number of methoxy groups -OCH3 is 2. The van der Waals surface area contributed by atoms with Gasteiger partial charge in [-0.05, 0) is 56.2 Å². The number of hydrogen-bond donors (Lipinski definition) is 1. The average molecular weight is 579 g/mol. The summed E-state index contributed by atoms with van der Waals surface area (Å²) in [4.78, 5) is 28.1. The second-order valence-electron chi connectivity index (χ2n) is 9.06. The fraction of sp³-hybridized carbons (Fsp3) is 0.462. The largest absolute Gasteiger partial charge is 0.496 e. The predicted octanol–water partition coefficient (Wildman–Crippen LogP) is 6.29. The summed E-state index contributed by atoms with van der Waals surface area (Å²) >= 11 is 0. The van der Waals surface area contributed by atoms with Gasteiger partial charge in [0.1, 0.15) is 5.75 Å². The van der Waals surface area contributed by atoms with Gasteiger partial charge in [-0.2, -0.15) is 26.3 Å². The van der Waals surface area contributed by atoms with Gasteiger partial charge in [0.2, 0.25) is 0 Å². The van der Waals surface area contributed by atoms with Gasteiger partial charge >= 0.3 is 24.5 Å². The molecular weight excluding hydrogens is 550 g/mol. The fourth-order valence-electron chi connectivity index (χ4n) is 4.70. The maximum atomic E-state index is 13.5. The van der Waals surface area contributed by atoms with Crippen LogP contribution in [0, 0.1) is 0 Å². The third-order valence-corrected chi connectivity index (χ3v) is 6.47. The Hall–Kier alpha value is -3.68. The number of aliphatic hydroxyl groups excluding tert-OH is 1. The SMILES string of the molecule is CCOC(=O)N1c2cc(CO)c(OC)cc2[C@@H](N(Cc2cc(C(F)(F)F)cc(C(F)(F)F)c2)C(=O)OC)C[C@H]1C. The Bertz CT molecular complexity index is 1220. The molecule has 0 saturated carbocycles. The van der Waals surface area contributed by atoms with E-state index < -0.39 is 66.5 Å². The molecule has 1 heterocycles. The number of alkyl halides is 6. The molecular formula is C26H28F6N2O6. The van der Waals surface area contributed by atoms with Gasteiger partial charge in [0.05, 0.1) is 50.3 Å². The smallest absolute Gasteiger partial charge is 0.416 e. The highest BCUT2D eigenvalue weighted by atomic mass is 19.4. The first kappa shape index (κ1) is 30.9. The molecule has 2 aromatic rings. The van der Waals surface area contributed by atoms with Crippen LogP contribution in [-0.4, -0.2) is 49.1 Å². The molecule has 0 saturated heterocycles. The number of carbonyl (C=O) groups excluding carboxylic acids is 2. The van der Waals surface area contributed by atoms with E-state index in [0.717, 1.165) is 12.0 Å². The second kappa shape index (κ2) is 11.8. The van der Waals surface area contributed by atoms with Crippen LogP contribution in [-0.2, 0) is 35.0 Å². The van der Waals surface area contributed by atoms with Crippen LogP contribution in [0.3, 0.4) is 0 Å². The third-order valence-electron chi connectivity index (χ3n) is 6.47. The number of nitrogens with zero attached hydrogens (tertiary/aromatic N) is 2. The molecule has 40 heavy (non-hydrogen) atoms. The number of amides is 2. The monoisotopic (exact) mass is 578 g/mol. The lowest BCUT2D eigenvalue weighted by Crippen LogP contribution is -2.47. The van der Waals surface area contributed by atoms with Crippen LogP contribution in [0.4, 0.5) is 41.6 Å². The van der Waals surface area contributed by atoms with E-state index in [1.807, 2.05) is 0 Å². The Morgan fingerprint density at radius 2 is 1.62 bits per heavy atom. The Morgan fingerprint density at radius 1 is 1.02 bits per heavy atom. The van der Waals surface area contributed by atoms with Crippen molar-refractivity contribution in [3.05, 3.63) is 58.1 Å². The minimum absolute atomic E-state index is 0.00245. The minimum Gasteiger partial charge on any atom is -0.496 e. The molecule has 2 aromatic carbocycles. The highest BCUT2D eigenvalue weighted by molar-refractivity contribution is 5.91. The van der Waals surface area contributed by atoms with Crippen molar-refractivity contribution in [3.63, 3.8) is 0 Å². The van der Waals surface area contributed by atoms with Crippen molar-refractivity contribution in [2.45, 2.75) is 57.9 Å². The quantitative estimate of drug-likeness (QED) is 0.406. The lowest BCUT2D eigenvalue weighted by Gasteiger charge is -2.42. The molecule has 0 radical (unpaired) electrons. The molecule has 0 spiro atoms. The molecule has 1 N–H and O–H groups in total. The molecule has 0 fully saturated rings. The summed E-state index contributed by atoms with van der Waals surface area (Å²) in [5.74, 6) is 0.188. The van der Waals surface area contributed by atoms with Crippen LogP contribution in [0.1, 0.15) is 54.1 Å². The van der Waals surface area contributed by atoms with Gasteiger partial charge in [0.15, 0.2) is 0 Å². The molecule has 0 aliphatic carbocycles.